The fourth-order valence-corrected chi connectivity index (χ4v) is 5.77. The number of phenolic OH excluding ortho intramolecular Hbond substituents is 1. The van der Waals surface area contributed by atoms with Crippen LogP contribution in [0, 0.1) is 11.8 Å². The predicted octanol–water partition coefficient (Wildman–Crippen LogP) is 4.44. The zero-order chi connectivity index (χ0) is 19.9. The number of hydrogen-bond donors (Lipinski definition) is 1. The third-order valence-corrected chi connectivity index (χ3v) is 6.86. The monoisotopic (exact) mass is 401 g/mol. The Bertz CT molecular complexity index is 1100. The first-order valence-electron chi connectivity index (χ1n) is 9.62. The van der Waals surface area contributed by atoms with Gasteiger partial charge in [-0.3, -0.25) is 9.59 Å². The number of hydrogen-bond acceptors (Lipinski definition) is 3. The first kappa shape index (κ1) is 16.8. The average Bonchev–Trinajstić information content (AvgIpc) is 2.99. The SMILES string of the molecule is O=C1[C@H]2C3c4ccccc4C(c4ccccc43)[C@@H]2C(=O)N1c1ccc(Cl)cc1O. The van der Waals surface area contributed by atoms with Crippen molar-refractivity contribution in [3.63, 3.8) is 0 Å². The Kier molecular flexibility index (Phi) is 3.31. The number of halogens is 1. The molecule has 1 heterocycles. The van der Waals surface area contributed by atoms with Gasteiger partial charge in [-0.1, -0.05) is 60.1 Å². The van der Waals surface area contributed by atoms with Crippen molar-refractivity contribution in [3.8, 4) is 5.75 Å². The number of amides is 2. The van der Waals surface area contributed by atoms with E-state index in [4.69, 9.17) is 11.6 Å². The normalized spacial score (nSPS) is 26.3. The average molecular weight is 402 g/mol. The summed E-state index contributed by atoms with van der Waals surface area (Å²) < 4.78 is 0. The number of anilines is 1. The summed E-state index contributed by atoms with van der Waals surface area (Å²) in [6.45, 7) is 0. The Morgan fingerprint density at radius 2 is 1.17 bits per heavy atom. The molecule has 3 aromatic carbocycles. The molecular weight excluding hydrogens is 386 g/mol. The van der Waals surface area contributed by atoms with Gasteiger partial charge in [-0.15, -0.1) is 0 Å². The quantitative estimate of drug-likeness (QED) is 0.613. The van der Waals surface area contributed by atoms with Gasteiger partial charge in [0.2, 0.25) is 11.8 Å². The van der Waals surface area contributed by atoms with E-state index >= 15 is 0 Å². The minimum absolute atomic E-state index is 0.159. The predicted molar refractivity (Wildman–Crippen MR) is 109 cm³/mol. The van der Waals surface area contributed by atoms with E-state index in [2.05, 4.69) is 24.3 Å². The lowest BCUT2D eigenvalue weighted by molar-refractivity contribution is -0.122. The van der Waals surface area contributed by atoms with E-state index in [-0.39, 0.29) is 35.1 Å². The van der Waals surface area contributed by atoms with E-state index in [9.17, 15) is 14.7 Å². The number of rotatable bonds is 1. The highest BCUT2D eigenvalue weighted by molar-refractivity contribution is 6.31. The lowest BCUT2D eigenvalue weighted by Crippen LogP contribution is -2.41. The summed E-state index contributed by atoms with van der Waals surface area (Å²) in [7, 11) is 0. The van der Waals surface area contributed by atoms with Gasteiger partial charge in [0, 0.05) is 22.9 Å². The molecule has 4 aliphatic rings. The number of benzene rings is 3. The molecule has 2 amide bonds. The molecule has 3 aromatic rings. The highest BCUT2D eigenvalue weighted by Crippen LogP contribution is 2.61. The summed E-state index contributed by atoms with van der Waals surface area (Å²) in [5, 5.41) is 10.7. The molecule has 7 rings (SSSR count). The first-order chi connectivity index (χ1) is 14.1. The van der Waals surface area contributed by atoms with E-state index < -0.39 is 11.8 Å². The number of carbonyl (C=O) groups excluding carboxylic acids is 2. The summed E-state index contributed by atoms with van der Waals surface area (Å²) in [6.07, 6.45) is 0. The Balaban J connectivity index is 1.57. The van der Waals surface area contributed by atoms with E-state index in [1.807, 2.05) is 24.3 Å². The van der Waals surface area contributed by atoms with E-state index in [0.29, 0.717) is 5.02 Å². The number of imide groups is 1. The minimum atomic E-state index is -0.465. The maximum atomic E-state index is 13.6. The molecule has 2 bridgehead atoms. The molecule has 3 aliphatic carbocycles. The van der Waals surface area contributed by atoms with E-state index in [0.717, 1.165) is 22.3 Å². The number of aromatic hydroxyl groups is 1. The van der Waals surface area contributed by atoms with Crippen LogP contribution in [0.15, 0.2) is 66.7 Å². The Hall–Kier alpha value is -3.11. The molecule has 0 saturated carbocycles. The Labute approximate surface area is 172 Å². The van der Waals surface area contributed by atoms with Crippen molar-refractivity contribution in [1.29, 1.82) is 0 Å². The van der Waals surface area contributed by atoms with Gasteiger partial charge in [0.15, 0.2) is 0 Å². The molecule has 29 heavy (non-hydrogen) atoms. The summed E-state index contributed by atoms with van der Waals surface area (Å²) in [5.74, 6) is -1.92. The highest BCUT2D eigenvalue weighted by Gasteiger charge is 2.62. The van der Waals surface area contributed by atoms with Crippen LogP contribution in [0.5, 0.6) is 5.75 Å². The van der Waals surface area contributed by atoms with Crippen LogP contribution >= 0.6 is 11.6 Å². The zero-order valence-corrected chi connectivity index (χ0v) is 16.0. The molecule has 2 atom stereocenters. The molecule has 4 nitrogen and oxygen atoms in total. The van der Waals surface area contributed by atoms with Gasteiger partial charge in [0.05, 0.1) is 17.5 Å². The van der Waals surface area contributed by atoms with Crippen molar-refractivity contribution in [2.75, 3.05) is 4.90 Å². The molecule has 0 radical (unpaired) electrons. The molecule has 1 saturated heterocycles. The molecule has 0 aromatic heterocycles. The van der Waals surface area contributed by atoms with Crippen LogP contribution < -0.4 is 4.90 Å². The summed E-state index contributed by atoms with van der Waals surface area (Å²) >= 11 is 5.95. The van der Waals surface area contributed by atoms with Crippen molar-refractivity contribution >= 4 is 29.1 Å². The maximum Gasteiger partial charge on any atom is 0.238 e. The van der Waals surface area contributed by atoms with Crippen LogP contribution in [0.3, 0.4) is 0 Å². The molecule has 1 fully saturated rings. The lowest BCUT2D eigenvalue weighted by Gasteiger charge is -2.45. The number of phenols is 1. The summed E-state index contributed by atoms with van der Waals surface area (Å²) in [4.78, 5) is 28.3. The number of nitrogens with zero attached hydrogens (tertiary/aromatic N) is 1. The molecule has 0 spiro atoms. The van der Waals surface area contributed by atoms with Crippen LogP contribution in [-0.4, -0.2) is 16.9 Å². The number of carbonyl (C=O) groups is 2. The van der Waals surface area contributed by atoms with Crippen LogP contribution in [0.1, 0.15) is 34.1 Å². The molecule has 0 unspecified atom stereocenters. The second-order valence-corrected chi connectivity index (χ2v) is 8.35. The molecule has 1 N–H and O–H groups in total. The lowest BCUT2D eigenvalue weighted by atomic mass is 9.55. The van der Waals surface area contributed by atoms with Gasteiger partial charge in [0.1, 0.15) is 5.75 Å². The highest BCUT2D eigenvalue weighted by atomic mass is 35.5. The maximum absolute atomic E-state index is 13.6. The van der Waals surface area contributed by atoms with Crippen LogP contribution in [0.2, 0.25) is 5.02 Å². The molecule has 142 valence electrons. The summed E-state index contributed by atoms with van der Waals surface area (Å²) in [5.41, 5.74) is 4.70. The van der Waals surface area contributed by atoms with Crippen molar-refractivity contribution in [2.24, 2.45) is 11.8 Å². The van der Waals surface area contributed by atoms with Crippen molar-refractivity contribution in [3.05, 3.63) is 94.0 Å². The third kappa shape index (κ3) is 2.04. The van der Waals surface area contributed by atoms with E-state index in [1.54, 1.807) is 6.07 Å². The van der Waals surface area contributed by atoms with Crippen LogP contribution in [0.25, 0.3) is 0 Å². The summed E-state index contributed by atoms with van der Waals surface area (Å²) in [6, 6.07) is 20.7. The van der Waals surface area contributed by atoms with Gasteiger partial charge in [-0.2, -0.15) is 0 Å². The fourth-order valence-electron chi connectivity index (χ4n) is 5.60. The van der Waals surface area contributed by atoms with Gasteiger partial charge in [-0.05, 0) is 34.4 Å². The smallest absolute Gasteiger partial charge is 0.238 e. The second kappa shape index (κ2) is 5.71. The molecular formula is C24H16ClNO3. The third-order valence-electron chi connectivity index (χ3n) is 6.63. The van der Waals surface area contributed by atoms with Crippen LogP contribution in [-0.2, 0) is 9.59 Å². The van der Waals surface area contributed by atoms with E-state index in [1.165, 1.54) is 17.0 Å². The van der Waals surface area contributed by atoms with Crippen LogP contribution in [0.4, 0.5) is 5.69 Å². The molecule has 1 aliphatic heterocycles. The topological polar surface area (TPSA) is 57.6 Å². The van der Waals surface area contributed by atoms with Gasteiger partial charge < -0.3 is 5.11 Å². The Morgan fingerprint density at radius 1 is 0.724 bits per heavy atom. The van der Waals surface area contributed by atoms with Crippen molar-refractivity contribution in [1.82, 2.24) is 0 Å². The van der Waals surface area contributed by atoms with Gasteiger partial charge in [-0.25, -0.2) is 4.90 Å². The fraction of sp³-hybridized carbons (Fsp3) is 0.167. The minimum Gasteiger partial charge on any atom is -0.506 e. The van der Waals surface area contributed by atoms with Crippen molar-refractivity contribution in [2.45, 2.75) is 11.8 Å². The first-order valence-corrected chi connectivity index (χ1v) is 9.99. The van der Waals surface area contributed by atoms with Crippen molar-refractivity contribution < 1.29 is 14.7 Å². The Morgan fingerprint density at radius 3 is 1.59 bits per heavy atom. The second-order valence-electron chi connectivity index (χ2n) is 7.91. The zero-order valence-electron chi connectivity index (χ0n) is 15.2. The standard InChI is InChI=1S/C24H16ClNO3/c25-12-9-10-17(18(27)11-12)26-23(28)21-19-13-5-1-2-6-14(13)20(22(21)24(26)29)16-8-4-3-7-15(16)19/h1-11,19-22,27H/t19?,20?,21-,22-/m0/s1. The van der Waals surface area contributed by atoms with Gasteiger partial charge in [0.25, 0.3) is 0 Å². The largest absolute Gasteiger partial charge is 0.506 e. The van der Waals surface area contributed by atoms with Gasteiger partial charge >= 0.3 is 0 Å². The molecule has 5 heteroatoms.